The van der Waals surface area contributed by atoms with Gasteiger partial charge in [0.2, 0.25) is 0 Å². The van der Waals surface area contributed by atoms with Gasteiger partial charge in [0, 0.05) is 19.6 Å². The molecular weight excluding hydrogens is 178 g/mol. The van der Waals surface area contributed by atoms with E-state index >= 15 is 0 Å². The van der Waals surface area contributed by atoms with Crippen molar-refractivity contribution in [2.45, 2.75) is 37.6 Å². The van der Waals surface area contributed by atoms with Crippen molar-refractivity contribution < 1.29 is 4.79 Å². The van der Waals surface area contributed by atoms with Crippen LogP contribution in [0.4, 0.5) is 4.79 Å². The van der Waals surface area contributed by atoms with Gasteiger partial charge in [-0.1, -0.05) is 0 Å². The molecule has 14 heavy (non-hydrogen) atoms. The Balaban J connectivity index is 1.86. The average Bonchev–Trinajstić information content (AvgIpc) is 2.63. The van der Waals surface area contributed by atoms with Crippen LogP contribution in [0.2, 0.25) is 0 Å². The molecule has 0 atom stereocenters. The monoisotopic (exact) mass is 197 g/mol. The van der Waals surface area contributed by atoms with E-state index in [1.54, 1.807) is 0 Å². The highest BCUT2D eigenvalue weighted by Crippen LogP contribution is 2.30. The van der Waals surface area contributed by atoms with Crippen LogP contribution < -0.4 is 11.1 Å². The zero-order chi connectivity index (χ0) is 10.0. The van der Waals surface area contributed by atoms with Crippen LogP contribution in [0, 0.1) is 0 Å². The summed E-state index contributed by atoms with van der Waals surface area (Å²) in [6.45, 7) is 2.39. The first-order valence-electron chi connectivity index (χ1n) is 5.53. The number of hydrogen-bond donors (Lipinski definition) is 2. The van der Waals surface area contributed by atoms with Gasteiger partial charge < -0.3 is 16.0 Å². The van der Waals surface area contributed by atoms with Crippen LogP contribution in [-0.2, 0) is 0 Å². The van der Waals surface area contributed by atoms with E-state index in [9.17, 15) is 4.79 Å². The SMILES string of the molecule is NCC1(NC(=O)N2CCCC2)CCC1. The lowest BCUT2D eigenvalue weighted by Crippen LogP contribution is -2.60. The van der Waals surface area contributed by atoms with E-state index in [1.165, 1.54) is 6.42 Å². The van der Waals surface area contributed by atoms with Gasteiger partial charge in [-0.05, 0) is 32.1 Å². The number of amides is 2. The third-order valence-electron chi connectivity index (χ3n) is 3.47. The van der Waals surface area contributed by atoms with E-state index in [0.29, 0.717) is 6.54 Å². The fourth-order valence-electron chi connectivity index (χ4n) is 2.21. The molecule has 3 N–H and O–H groups in total. The zero-order valence-corrected chi connectivity index (χ0v) is 8.59. The zero-order valence-electron chi connectivity index (χ0n) is 8.59. The molecule has 1 saturated heterocycles. The number of carbonyl (C=O) groups excluding carboxylic acids is 1. The molecule has 0 aromatic carbocycles. The number of hydrogen-bond acceptors (Lipinski definition) is 2. The number of carbonyl (C=O) groups is 1. The second-order valence-electron chi connectivity index (χ2n) is 4.46. The number of rotatable bonds is 2. The second kappa shape index (κ2) is 3.77. The van der Waals surface area contributed by atoms with Crippen LogP contribution in [0.25, 0.3) is 0 Å². The van der Waals surface area contributed by atoms with E-state index in [4.69, 9.17) is 5.73 Å². The standard InChI is InChI=1S/C10H19N3O/c11-8-10(4-3-5-10)12-9(14)13-6-1-2-7-13/h1-8,11H2,(H,12,14). The highest BCUT2D eigenvalue weighted by atomic mass is 16.2. The Labute approximate surface area is 84.8 Å². The van der Waals surface area contributed by atoms with Gasteiger partial charge in [0.25, 0.3) is 0 Å². The molecule has 1 aliphatic carbocycles. The molecule has 2 fully saturated rings. The smallest absolute Gasteiger partial charge is 0.317 e. The van der Waals surface area contributed by atoms with Crippen molar-refractivity contribution in [3.05, 3.63) is 0 Å². The van der Waals surface area contributed by atoms with Crippen LogP contribution in [0.15, 0.2) is 0 Å². The lowest BCUT2D eigenvalue weighted by Gasteiger charge is -2.42. The molecule has 2 amide bonds. The van der Waals surface area contributed by atoms with Crippen molar-refractivity contribution in [3.63, 3.8) is 0 Å². The Kier molecular flexibility index (Phi) is 2.63. The number of urea groups is 1. The maximum atomic E-state index is 11.8. The van der Waals surface area contributed by atoms with E-state index < -0.39 is 0 Å². The molecule has 4 nitrogen and oxygen atoms in total. The third kappa shape index (κ3) is 1.71. The number of nitrogens with zero attached hydrogens (tertiary/aromatic N) is 1. The number of nitrogens with one attached hydrogen (secondary N) is 1. The molecule has 1 saturated carbocycles. The molecule has 80 valence electrons. The Morgan fingerprint density at radius 3 is 2.36 bits per heavy atom. The summed E-state index contributed by atoms with van der Waals surface area (Å²) < 4.78 is 0. The molecule has 2 rings (SSSR count). The summed E-state index contributed by atoms with van der Waals surface area (Å²) >= 11 is 0. The van der Waals surface area contributed by atoms with Gasteiger partial charge in [-0.3, -0.25) is 0 Å². The Morgan fingerprint density at radius 1 is 1.29 bits per heavy atom. The minimum atomic E-state index is -0.0698. The molecule has 2 aliphatic rings. The highest BCUT2D eigenvalue weighted by Gasteiger charge is 2.38. The van der Waals surface area contributed by atoms with Gasteiger partial charge in [-0.2, -0.15) is 0 Å². The van der Waals surface area contributed by atoms with E-state index in [1.807, 2.05) is 4.90 Å². The Hall–Kier alpha value is -0.770. The van der Waals surface area contributed by atoms with Crippen LogP contribution in [0.3, 0.4) is 0 Å². The van der Waals surface area contributed by atoms with Crippen LogP contribution in [-0.4, -0.2) is 36.1 Å². The molecule has 0 aromatic heterocycles. The number of likely N-dealkylation sites (tertiary alicyclic amines) is 1. The Bertz CT molecular complexity index is 214. The van der Waals surface area contributed by atoms with Crippen molar-refractivity contribution >= 4 is 6.03 Å². The summed E-state index contributed by atoms with van der Waals surface area (Å²) in [4.78, 5) is 13.7. The lowest BCUT2D eigenvalue weighted by molar-refractivity contribution is 0.160. The summed E-state index contributed by atoms with van der Waals surface area (Å²) in [5, 5.41) is 3.08. The van der Waals surface area contributed by atoms with Crippen molar-refractivity contribution in [2.24, 2.45) is 5.73 Å². The average molecular weight is 197 g/mol. The Morgan fingerprint density at radius 2 is 1.93 bits per heavy atom. The minimum absolute atomic E-state index is 0.0698. The summed E-state index contributed by atoms with van der Waals surface area (Å²) in [6, 6.07) is 0.0904. The van der Waals surface area contributed by atoms with Crippen LogP contribution in [0.5, 0.6) is 0 Å². The first-order valence-corrected chi connectivity index (χ1v) is 5.53. The quantitative estimate of drug-likeness (QED) is 0.683. The van der Waals surface area contributed by atoms with Crippen LogP contribution >= 0.6 is 0 Å². The fraction of sp³-hybridized carbons (Fsp3) is 0.900. The largest absolute Gasteiger partial charge is 0.331 e. The maximum absolute atomic E-state index is 11.8. The van der Waals surface area contributed by atoms with Gasteiger partial charge in [0.05, 0.1) is 5.54 Å². The summed E-state index contributed by atoms with van der Waals surface area (Å²) in [5.74, 6) is 0. The maximum Gasteiger partial charge on any atom is 0.317 e. The molecule has 1 aliphatic heterocycles. The molecule has 1 heterocycles. The molecule has 0 unspecified atom stereocenters. The normalized spacial score (nSPS) is 24.5. The predicted octanol–water partition coefficient (Wildman–Crippen LogP) is 0.673. The molecule has 0 spiro atoms. The van der Waals surface area contributed by atoms with E-state index in [2.05, 4.69) is 5.32 Å². The van der Waals surface area contributed by atoms with E-state index in [-0.39, 0.29) is 11.6 Å². The number of nitrogens with two attached hydrogens (primary N) is 1. The van der Waals surface area contributed by atoms with Gasteiger partial charge in [-0.15, -0.1) is 0 Å². The first-order chi connectivity index (χ1) is 6.76. The minimum Gasteiger partial charge on any atom is -0.331 e. The lowest BCUT2D eigenvalue weighted by atomic mass is 9.77. The molecular formula is C10H19N3O. The van der Waals surface area contributed by atoms with E-state index in [0.717, 1.165) is 38.8 Å². The first kappa shape index (κ1) is 9.77. The van der Waals surface area contributed by atoms with Crippen molar-refractivity contribution in [1.29, 1.82) is 0 Å². The molecule has 0 radical (unpaired) electrons. The third-order valence-corrected chi connectivity index (χ3v) is 3.47. The summed E-state index contributed by atoms with van der Waals surface area (Å²) in [5.41, 5.74) is 5.61. The highest BCUT2D eigenvalue weighted by molar-refractivity contribution is 5.75. The van der Waals surface area contributed by atoms with Crippen LogP contribution in [0.1, 0.15) is 32.1 Å². The molecule has 4 heteroatoms. The molecule has 0 bridgehead atoms. The summed E-state index contributed by atoms with van der Waals surface area (Å²) in [7, 11) is 0. The molecule has 0 aromatic rings. The second-order valence-corrected chi connectivity index (χ2v) is 4.46. The van der Waals surface area contributed by atoms with Gasteiger partial charge in [0.15, 0.2) is 0 Å². The fourth-order valence-corrected chi connectivity index (χ4v) is 2.21. The van der Waals surface area contributed by atoms with Gasteiger partial charge in [0.1, 0.15) is 0 Å². The van der Waals surface area contributed by atoms with Crippen molar-refractivity contribution in [3.8, 4) is 0 Å². The van der Waals surface area contributed by atoms with Crippen molar-refractivity contribution in [1.82, 2.24) is 10.2 Å². The van der Waals surface area contributed by atoms with Gasteiger partial charge >= 0.3 is 6.03 Å². The summed E-state index contributed by atoms with van der Waals surface area (Å²) in [6.07, 6.45) is 5.57. The van der Waals surface area contributed by atoms with Crippen molar-refractivity contribution in [2.75, 3.05) is 19.6 Å². The topological polar surface area (TPSA) is 58.4 Å². The van der Waals surface area contributed by atoms with Gasteiger partial charge in [-0.25, -0.2) is 4.79 Å². The predicted molar refractivity (Wildman–Crippen MR) is 55.0 cm³/mol.